The van der Waals surface area contributed by atoms with Gasteiger partial charge in [0.15, 0.2) is 5.71 Å². The number of nitrogens with zero attached hydrogens (tertiary/aromatic N) is 6. The molecule has 1 aromatic heterocycles. The first-order chi connectivity index (χ1) is 16.2. The van der Waals surface area contributed by atoms with Gasteiger partial charge in [-0.05, 0) is 68.6 Å². The summed E-state index contributed by atoms with van der Waals surface area (Å²) in [5.41, 5.74) is 2.73. The van der Waals surface area contributed by atoms with Gasteiger partial charge in [0.1, 0.15) is 11.8 Å². The van der Waals surface area contributed by atoms with Gasteiger partial charge < -0.3 is 0 Å². The Labute approximate surface area is 210 Å². The van der Waals surface area contributed by atoms with Crippen LogP contribution in [-0.4, -0.2) is 38.5 Å². The number of hydrogen-bond donors (Lipinski definition) is 0. The van der Waals surface area contributed by atoms with Crippen LogP contribution < -0.4 is 0 Å². The van der Waals surface area contributed by atoms with Crippen LogP contribution in [0.3, 0.4) is 0 Å². The molecule has 0 saturated carbocycles. The smallest absolute Gasteiger partial charge is 0.215 e. The molecule has 196 valence electrons. The van der Waals surface area contributed by atoms with Crippen LogP contribution in [0.4, 0.5) is 0 Å². The normalized spacial score (nSPS) is 13.6. The first-order valence-corrected chi connectivity index (χ1v) is 14.1. The summed E-state index contributed by atoms with van der Waals surface area (Å²) in [6, 6.07) is 0. The lowest BCUT2D eigenvalue weighted by Crippen LogP contribution is -2.16. The van der Waals surface area contributed by atoms with Gasteiger partial charge in [0.2, 0.25) is 6.54 Å². The van der Waals surface area contributed by atoms with Gasteiger partial charge in [-0.25, -0.2) is 4.68 Å². The zero-order valence-corrected chi connectivity index (χ0v) is 23.8. The molecule has 1 aromatic rings. The lowest BCUT2D eigenvalue weighted by molar-refractivity contribution is -0.537. The molecule has 6 nitrogen and oxygen atoms in total. The molecule has 0 radical (unpaired) electrons. The lowest BCUT2D eigenvalue weighted by atomic mass is 10.0. The molecule has 0 bridgehead atoms. The van der Waals surface area contributed by atoms with E-state index in [1.807, 2.05) is 6.20 Å². The molecule has 2 rings (SSSR count). The molecule has 0 unspecified atom stereocenters. The highest BCUT2D eigenvalue weighted by Crippen LogP contribution is 2.12. The van der Waals surface area contributed by atoms with Crippen LogP contribution in [0.5, 0.6) is 0 Å². The minimum atomic E-state index is 0.780. The summed E-state index contributed by atoms with van der Waals surface area (Å²) in [6.07, 6.45) is 14.3. The van der Waals surface area contributed by atoms with Gasteiger partial charge in [0.25, 0.3) is 0 Å². The molecule has 0 spiro atoms. The molecule has 0 aliphatic carbocycles. The first kappa shape index (κ1) is 30.4. The molecule has 0 atom stereocenters. The SMILES string of the molecule is CC(C)CCCC1=[N+](CCCC(C)C)N=NC1.CC(C)CCCc1cnnn1CCCC(C)C. The molecule has 0 amide bonds. The van der Waals surface area contributed by atoms with Crippen LogP contribution in [0.1, 0.15) is 119 Å². The van der Waals surface area contributed by atoms with Crippen molar-refractivity contribution in [1.29, 1.82) is 0 Å². The van der Waals surface area contributed by atoms with E-state index in [4.69, 9.17) is 0 Å². The monoisotopic (exact) mass is 475 g/mol. The molecule has 1 aliphatic heterocycles. The molecular weight excluding hydrogens is 420 g/mol. The second-order valence-corrected chi connectivity index (χ2v) is 11.7. The van der Waals surface area contributed by atoms with Crippen molar-refractivity contribution >= 4 is 5.71 Å². The molecule has 1 aliphatic rings. The Morgan fingerprint density at radius 1 is 0.765 bits per heavy atom. The second kappa shape index (κ2) is 17.8. The lowest BCUT2D eigenvalue weighted by Gasteiger charge is -2.08. The largest absolute Gasteiger partial charge is 0.249 e. The summed E-state index contributed by atoms with van der Waals surface area (Å²) in [4.78, 5) is 0. The minimum absolute atomic E-state index is 0.780. The number of hydrogen-bond acceptors (Lipinski definition) is 4. The van der Waals surface area contributed by atoms with Gasteiger partial charge in [0.05, 0.1) is 11.9 Å². The highest BCUT2D eigenvalue weighted by Gasteiger charge is 2.19. The van der Waals surface area contributed by atoms with E-state index in [9.17, 15) is 0 Å². The van der Waals surface area contributed by atoms with Gasteiger partial charge >= 0.3 is 0 Å². The highest BCUT2D eigenvalue weighted by molar-refractivity contribution is 5.82. The van der Waals surface area contributed by atoms with Crippen LogP contribution in [0.15, 0.2) is 16.5 Å². The molecule has 0 aromatic carbocycles. The zero-order valence-electron chi connectivity index (χ0n) is 23.8. The van der Waals surface area contributed by atoms with E-state index < -0.39 is 0 Å². The Balaban J connectivity index is 0.000000340. The minimum Gasteiger partial charge on any atom is -0.249 e. The third kappa shape index (κ3) is 14.6. The van der Waals surface area contributed by atoms with Gasteiger partial charge in [-0.2, -0.15) is 0 Å². The van der Waals surface area contributed by atoms with Crippen molar-refractivity contribution in [3.05, 3.63) is 11.9 Å². The Morgan fingerprint density at radius 2 is 1.32 bits per heavy atom. The first-order valence-electron chi connectivity index (χ1n) is 14.1. The van der Waals surface area contributed by atoms with Gasteiger partial charge in [-0.15, -0.1) is 9.78 Å². The predicted molar refractivity (Wildman–Crippen MR) is 144 cm³/mol. The Morgan fingerprint density at radius 3 is 1.94 bits per heavy atom. The van der Waals surface area contributed by atoms with Crippen molar-refractivity contribution in [2.45, 2.75) is 126 Å². The van der Waals surface area contributed by atoms with Crippen molar-refractivity contribution in [3.8, 4) is 0 Å². The average Bonchev–Trinajstić information content (AvgIpc) is 3.37. The van der Waals surface area contributed by atoms with Crippen LogP contribution in [0, 0.1) is 23.7 Å². The van der Waals surface area contributed by atoms with E-state index >= 15 is 0 Å². The molecular formula is C28H55N6+. The Hall–Kier alpha value is -1.59. The van der Waals surface area contributed by atoms with Crippen molar-refractivity contribution in [2.75, 3.05) is 13.1 Å². The van der Waals surface area contributed by atoms with Crippen LogP contribution in [0.2, 0.25) is 0 Å². The third-order valence-corrected chi connectivity index (χ3v) is 6.25. The fourth-order valence-corrected chi connectivity index (χ4v) is 4.11. The van der Waals surface area contributed by atoms with E-state index in [1.54, 1.807) is 0 Å². The quantitative estimate of drug-likeness (QED) is 0.229. The van der Waals surface area contributed by atoms with Crippen molar-refractivity contribution in [2.24, 2.45) is 34.0 Å². The van der Waals surface area contributed by atoms with E-state index in [-0.39, 0.29) is 0 Å². The number of aromatic nitrogens is 3. The standard InChI is InChI=1S/C14H28N3.C14H27N3/c2*1-12(2)7-5-9-14-11-15-16-17(14)10-6-8-13(3)4/h12-13H,5-11H2,1-4H3;11-13H,5-10H2,1-4H3/q+1;. The maximum atomic E-state index is 4.23. The molecule has 0 fully saturated rings. The fraction of sp³-hybridized carbons (Fsp3) is 0.893. The van der Waals surface area contributed by atoms with Gasteiger partial charge in [-0.1, -0.05) is 73.4 Å². The fourth-order valence-electron chi connectivity index (χ4n) is 4.11. The van der Waals surface area contributed by atoms with Crippen LogP contribution >= 0.6 is 0 Å². The van der Waals surface area contributed by atoms with Crippen molar-refractivity contribution in [3.63, 3.8) is 0 Å². The van der Waals surface area contributed by atoms with E-state index in [2.05, 4.69) is 85.4 Å². The maximum absolute atomic E-state index is 4.23. The summed E-state index contributed by atoms with van der Waals surface area (Å²) in [6.45, 7) is 21.1. The van der Waals surface area contributed by atoms with Crippen molar-refractivity contribution in [1.82, 2.24) is 15.0 Å². The van der Waals surface area contributed by atoms with E-state index in [1.165, 1.54) is 69.2 Å². The maximum Gasteiger partial charge on any atom is 0.215 e. The van der Waals surface area contributed by atoms with Gasteiger partial charge in [0, 0.05) is 18.1 Å². The molecule has 2 heterocycles. The zero-order chi connectivity index (χ0) is 25.3. The van der Waals surface area contributed by atoms with Crippen LogP contribution in [0.25, 0.3) is 0 Å². The summed E-state index contributed by atoms with van der Waals surface area (Å²) in [5.74, 6) is 3.17. The highest BCUT2D eigenvalue weighted by atomic mass is 15.5. The number of aryl methyl sites for hydroxylation is 2. The summed E-state index contributed by atoms with van der Waals surface area (Å²) < 4.78 is 4.23. The Bertz CT molecular complexity index is 671. The predicted octanol–water partition coefficient (Wildman–Crippen LogP) is 7.78. The van der Waals surface area contributed by atoms with Crippen molar-refractivity contribution < 1.29 is 4.68 Å². The molecule has 34 heavy (non-hydrogen) atoms. The number of rotatable bonds is 16. The van der Waals surface area contributed by atoms with E-state index in [0.29, 0.717) is 0 Å². The van der Waals surface area contributed by atoms with Crippen LogP contribution in [-0.2, 0) is 13.0 Å². The second-order valence-electron chi connectivity index (χ2n) is 11.7. The summed E-state index contributed by atoms with van der Waals surface area (Å²) in [5, 5.41) is 16.6. The van der Waals surface area contributed by atoms with E-state index in [0.717, 1.165) is 49.7 Å². The summed E-state index contributed by atoms with van der Waals surface area (Å²) in [7, 11) is 0. The molecule has 6 heteroatoms. The topological polar surface area (TPSA) is 58.4 Å². The average molecular weight is 476 g/mol. The molecule has 0 saturated heterocycles. The third-order valence-electron chi connectivity index (χ3n) is 6.25. The van der Waals surface area contributed by atoms with Gasteiger partial charge in [-0.3, -0.25) is 0 Å². The molecule has 0 N–H and O–H groups in total. The Kier molecular flexibility index (Phi) is 15.9. The summed E-state index contributed by atoms with van der Waals surface area (Å²) >= 11 is 0.